The van der Waals surface area contributed by atoms with E-state index in [1.807, 2.05) is 7.05 Å². The number of carbonyl (C=O) groups is 1. The third-order valence-corrected chi connectivity index (χ3v) is 9.38. The largest absolute Gasteiger partial charge is 0.490 e. The predicted octanol–water partition coefficient (Wildman–Crippen LogP) is 5.30. The zero-order chi connectivity index (χ0) is 19.5. The highest BCUT2D eigenvalue weighted by Crippen LogP contribution is 2.65. The van der Waals surface area contributed by atoms with E-state index in [0.29, 0.717) is 29.2 Å². The van der Waals surface area contributed by atoms with Gasteiger partial charge in [-0.3, -0.25) is 4.79 Å². The van der Waals surface area contributed by atoms with E-state index in [0.717, 1.165) is 30.9 Å². The second-order valence-electron chi connectivity index (χ2n) is 10.6. The number of ether oxygens (including phenoxy) is 1. The fourth-order valence-electron chi connectivity index (χ4n) is 7.85. The number of likely N-dealkylation sites (tertiary alicyclic amines) is 1. The molecule has 0 aromatic heterocycles. The second-order valence-corrected chi connectivity index (χ2v) is 10.6. The summed E-state index contributed by atoms with van der Waals surface area (Å²) in [7, 11) is 2.03. The van der Waals surface area contributed by atoms with Crippen molar-refractivity contribution in [2.75, 3.05) is 7.05 Å². The molecule has 0 bridgehead atoms. The molecule has 4 fully saturated rings. The highest BCUT2D eigenvalue weighted by atomic mass is 16.5. The molecule has 1 aromatic carbocycles. The SMILES string of the molecule is CN1C(=O)CC[C@]2(C)[C@H]3CC[C@]4(C)CCC[C@H]4[C@@H]3[C@@H](Oc3ccccc3)C[C@@H]12. The fourth-order valence-corrected chi connectivity index (χ4v) is 7.85. The first-order valence-electron chi connectivity index (χ1n) is 11.4. The average Bonchev–Trinajstić information content (AvgIpc) is 3.09. The first kappa shape index (κ1) is 18.5. The Kier molecular flexibility index (Phi) is 4.30. The molecule has 3 heteroatoms. The van der Waals surface area contributed by atoms with Gasteiger partial charge in [-0.2, -0.15) is 0 Å². The van der Waals surface area contributed by atoms with E-state index in [9.17, 15) is 4.79 Å². The number of nitrogens with zero attached hydrogens (tertiary/aromatic N) is 1. The van der Waals surface area contributed by atoms with Crippen molar-refractivity contribution in [3.8, 4) is 5.75 Å². The Morgan fingerprint density at radius 1 is 1.04 bits per heavy atom. The van der Waals surface area contributed by atoms with Crippen molar-refractivity contribution >= 4 is 5.91 Å². The summed E-state index contributed by atoms with van der Waals surface area (Å²) in [5, 5.41) is 0. The van der Waals surface area contributed by atoms with Crippen LogP contribution in [0, 0.1) is 28.6 Å². The van der Waals surface area contributed by atoms with Crippen molar-refractivity contribution in [1.29, 1.82) is 0 Å². The van der Waals surface area contributed by atoms with E-state index in [2.05, 4.69) is 49.1 Å². The second kappa shape index (κ2) is 6.50. The maximum absolute atomic E-state index is 12.5. The summed E-state index contributed by atoms with van der Waals surface area (Å²) in [4.78, 5) is 14.6. The molecular weight excluding hydrogens is 346 g/mol. The standard InChI is InChI=1S/C25H35NO2/c1-24-13-7-10-18(24)23-19(11-14-24)25(2)15-12-22(27)26(3)21(25)16-20(23)28-17-8-5-4-6-9-17/h4-6,8-9,18-21,23H,7,10-16H2,1-3H3/t18-,19-,20-,21+,23-,24-,25+/m0/s1. The molecule has 1 aliphatic heterocycles. The van der Waals surface area contributed by atoms with Crippen LogP contribution in [0.1, 0.15) is 65.2 Å². The van der Waals surface area contributed by atoms with Gasteiger partial charge >= 0.3 is 0 Å². The number of benzene rings is 1. The molecule has 1 amide bonds. The molecule has 7 atom stereocenters. The van der Waals surface area contributed by atoms with Gasteiger partial charge in [0.25, 0.3) is 0 Å². The number of carbonyl (C=O) groups excluding carboxylic acids is 1. The minimum absolute atomic E-state index is 0.224. The van der Waals surface area contributed by atoms with Gasteiger partial charge in [0.1, 0.15) is 11.9 Å². The van der Waals surface area contributed by atoms with E-state index >= 15 is 0 Å². The minimum Gasteiger partial charge on any atom is -0.490 e. The maximum Gasteiger partial charge on any atom is 0.222 e. The zero-order valence-electron chi connectivity index (χ0n) is 17.7. The smallest absolute Gasteiger partial charge is 0.222 e. The lowest BCUT2D eigenvalue weighted by atomic mass is 9.47. The van der Waals surface area contributed by atoms with Crippen molar-refractivity contribution in [3.05, 3.63) is 30.3 Å². The molecule has 1 saturated heterocycles. The normalized spacial score (nSPS) is 45.2. The van der Waals surface area contributed by atoms with Crippen LogP contribution in [0.4, 0.5) is 0 Å². The van der Waals surface area contributed by atoms with Crippen LogP contribution in [0.25, 0.3) is 0 Å². The van der Waals surface area contributed by atoms with Gasteiger partial charge in [0.2, 0.25) is 5.91 Å². The molecule has 0 N–H and O–H groups in total. The van der Waals surface area contributed by atoms with Gasteiger partial charge in [0.05, 0.1) is 0 Å². The molecule has 5 rings (SSSR count). The lowest BCUT2D eigenvalue weighted by molar-refractivity contribution is -0.173. The lowest BCUT2D eigenvalue weighted by Gasteiger charge is -2.63. The van der Waals surface area contributed by atoms with Crippen molar-refractivity contribution < 1.29 is 9.53 Å². The molecule has 0 spiro atoms. The molecule has 3 nitrogen and oxygen atoms in total. The summed E-state index contributed by atoms with van der Waals surface area (Å²) in [5.74, 6) is 3.39. The Bertz CT molecular complexity index is 748. The van der Waals surface area contributed by atoms with Crippen LogP contribution in [0.2, 0.25) is 0 Å². The van der Waals surface area contributed by atoms with E-state index in [-0.39, 0.29) is 11.5 Å². The monoisotopic (exact) mass is 381 g/mol. The summed E-state index contributed by atoms with van der Waals surface area (Å²) in [6, 6.07) is 10.7. The van der Waals surface area contributed by atoms with Gasteiger partial charge in [-0.1, -0.05) is 38.5 Å². The van der Waals surface area contributed by atoms with Crippen molar-refractivity contribution in [2.45, 2.75) is 77.4 Å². The first-order chi connectivity index (χ1) is 13.4. The molecule has 1 aromatic rings. The zero-order valence-corrected chi connectivity index (χ0v) is 17.7. The summed E-state index contributed by atoms with van der Waals surface area (Å²) < 4.78 is 6.72. The molecule has 152 valence electrons. The Morgan fingerprint density at radius 2 is 1.82 bits per heavy atom. The van der Waals surface area contributed by atoms with Gasteiger partial charge < -0.3 is 9.64 Å². The number of piperidine rings is 1. The maximum atomic E-state index is 12.5. The van der Waals surface area contributed by atoms with Crippen molar-refractivity contribution in [1.82, 2.24) is 4.90 Å². The number of fused-ring (bicyclic) bond motifs is 5. The van der Waals surface area contributed by atoms with Gasteiger partial charge in [0.15, 0.2) is 0 Å². The highest BCUT2D eigenvalue weighted by molar-refractivity contribution is 5.77. The van der Waals surface area contributed by atoms with E-state index in [4.69, 9.17) is 4.74 Å². The Morgan fingerprint density at radius 3 is 2.61 bits per heavy atom. The topological polar surface area (TPSA) is 29.5 Å². The quantitative estimate of drug-likeness (QED) is 0.696. The van der Waals surface area contributed by atoms with Gasteiger partial charge in [0, 0.05) is 31.8 Å². The minimum atomic E-state index is 0.224. The number of hydrogen-bond donors (Lipinski definition) is 0. The summed E-state index contributed by atoms with van der Waals surface area (Å²) in [6.45, 7) is 5.04. The lowest BCUT2D eigenvalue weighted by Crippen LogP contribution is -2.65. The van der Waals surface area contributed by atoms with Gasteiger partial charge in [-0.15, -0.1) is 0 Å². The predicted molar refractivity (Wildman–Crippen MR) is 111 cm³/mol. The summed E-state index contributed by atoms with van der Waals surface area (Å²) in [5.41, 5.74) is 0.743. The molecule has 3 aliphatic carbocycles. The Hall–Kier alpha value is -1.51. The van der Waals surface area contributed by atoms with Crippen LogP contribution in [0.5, 0.6) is 5.75 Å². The van der Waals surface area contributed by atoms with E-state index < -0.39 is 0 Å². The molecular formula is C25H35NO2. The van der Waals surface area contributed by atoms with Crippen LogP contribution in [-0.4, -0.2) is 30.0 Å². The van der Waals surface area contributed by atoms with E-state index in [1.54, 1.807) is 0 Å². The van der Waals surface area contributed by atoms with Crippen molar-refractivity contribution in [3.63, 3.8) is 0 Å². The van der Waals surface area contributed by atoms with Crippen LogP contribution >= 0.6 is 0 Å². The molecule has 4 aliphatic rings. The number of hydrogen-bond acceptors (Lipinski definition) is 2. The summed E-state index contributed by atoms with van der Waals surface area (Å²) >= 11 is 0. The van der Waals surface area contributed by atoms with Crippen LogP contribution in [0.3, 0.4) is 0 Å². The highest BCUT2D eigenvalue weighted by Gasteiger charge is 2.62. The number of amides is 1. The fraction of sp³-hybridized carbons (Fsp3) is 0.720. The van der Waals surface area contributed by atoms with Crippen LogP contribution < -0.4 is 4.74 Å². The first-order valence-corrected chi connectivity index (χ1v) is 11.4. The molecule has 28 heavy (non-hydrogen) atoms. The molecule has 3 saturated carbocycles. The number of para-hydroxylation sites is 1. The van der Waals surface area contributed by atoms with Crippen LogP contribution in [-0.2, 0) is 4.79 Å². The molecule has 0 unspecified atom stereocenters. The average molecular weight is 382 g/mol. The summed E-state index contributed by atoms with van der Waals surface area (Å²) in [6.07, 6.45) is 9.78. The number of rotatable bonds is 2. The Labute approximate surface area is 169 Å². The molecule has 0 radical (unpaired) electrons. The Balaban J connectivity index is 1.54. The third-order valence-electron chi connectivity index (χ3n) is 9.38. The van der Waals surface area contributed by atoms with Crippen LogP contribution in [0.15, 0.2) is 30.3 Å². The van der Waals surface area contributed by atoms with E-state index in [1.165, 1.54) is 32.1 Å². The van der Waals surface area contributed by atoms with Gasteiger partial charge in [-0.25, -0.2) is 0 Å². The van der Waals surface area contributed by atoms with Crippen molar-refractivity contribution in [2.24, 2.45) is 28.6 Å². The van der Waals surface area contributed by atoms with Gasteiger partial charge in [-0.05, 0) is 66.9 Å². The molecule has 1 heterocycles. The third kappa shape index (κ3) is 2.64.